The molecule has 0 unspecified atom stereocenters. The van der Waals surface area contributed by atoms with Crippen molar-refractivity contribution in [3.05, 3.63) is 52.6 Å². The molecule has 0 aliphatic carbocycles. The Labute approximate surface area is 145 Å². The smallest absolute Gasteiger partial charge is 0.255 e. The van der Waals surface area contributed by atoms with E-state index in [0.29, 0.717) is 5.56 Å². The Hall–Kier alpha value is -1.88. The number of anilines is 2. The Balaban J connectivity index is 1.73. The van der Waals surface area contributed by atoms with E-state index in [2.05, 4.69) is 31.1 Å². The molecule has 120 valence electrons. The van der Waals surface area contributed by atoms with Crippen LogP contribution >= 0.6 is 15.9 Å². The highest BCUT2D eigenvalue weighted by Gasteiger charge is 2.13. The van der Waals surface area contributed by atoms with Crippen LogP contribution in [0, 0.1) is 0 Å². The van der Waals surface area contributed by atoms with Crippen LogP contribution in [0.2, 0.25) is 0 Å². The third-order valence-corrected chi connectivity index (χ3v) is 4.57. The summed E-state index contributed by atoms with van der Waals surface area (Å²) >= 11 is 3.39. The van der Waals surface area contributed by atoms with Gasteiger partial charge in [-0.2, -0.15) is 0 Å². The molecule has 1 amide bonds. The Bertz CT molecular complexity index is 664. The third kappa shape index (κ3) is 4.32. The van der Waals surface area contributed by atoms with Gasteiger partial charge in [-0.3, -0.25) is 4.79 Å². The van der Waals surface area contributed by atoms with Gasteiger partial charge in [0.25, 0.3) is 5.91 Å². The first-order valence-electron chi connectivity index (χ1n) is 8.00. The zero-order chi connectivity index (χ0) is 16.1. The van der Waals surface area contributed by atoms with E-state index >= 15 is 0 Å². The molecular formula is C18H20BrN3O. The van der Waals surface area contributed by atoms with Crippen LogP contribution < -0.4 is 10.2 Å². The van der Waals surface area contributed by atoms with E-state index in [4.69, 9.17) is 0 Å². The molecule has 1 aliphatic rings. The fraction of sp³-hybridized carbons (Fsp3) is 0.333. The quantitative estimate of drug-likeness (QED) is 0.862. The molecule has 1 fully saturated rings. The molecule has 4 nitrogen and oxygen atoms in total. The van der Waals surface area contributed by atoms with Crippen molar-refractivity contribution < 1.29 is 4.79 Å². The second kappa shape index (κ2) is 7.59. The number of pyridine rings is 1. The van der Waals surface area contributed by atoms with Crippen LogP contribution in [-0.4, -0.2) is 24.0 Å². The lowest BCUT2D eigenvalue weighted by Crippen LogP contribution is -2.25. The summed E-state index contributed by atoms with van der Waals surface area (Å²) in [5.74, 6) is 0.793. The SMILES string of the molecule is O=C(Nc1ccc(Br)cc1)c1ccnc(N2CCCCCC2)c1. The van der Waals surface area contributed by atoms with E-state index in [-0.39, 0.29) is 5.91 Å². The molecule has 2 heterocycles. The van der Waals surface area contributed by atoms with Gasteiger partial charge in [0.15, 0.2) is 0 Å². The van der Waals surface area contributed by atoms with Crippen molar-refractivity contribution in [1.82, 2.24) is 4.98 Å². The summed E-state index contributed by atoms with van der Waals surface area (Å²) in [6, 6.07) is 11.2. The van der Waals surface area contributed by atoms with E-state index in [1.807, 2.05) is 30.3 Å². The number of carbonyl (C=O) groups excluding carboxylic acids is 1. The van der Waals surface area contributed by atoms with E-state index < -0.39 is 0 Å². The number of hydrogen-bond acceptors (Lipinski definition) is 3. The van der Waals surface area contributed by atoms with E-state index in [1.165, 1.54) is 25.7 Å². The van der Waals surface area contributed by atoms with Gasteiger partial charge in [0.1, 0.15) is 5.82 Å². The fourth-order valence-corrected chi connectivity index (χ4v) is 3.03. The van der Waals surface area contributed by atoms with Gasteiger partial charge in [-0.05, 0) is 49.2 Å². The van der Waals surface area contributed by atoms with Crippen LogP contribution in [0.15, 0.2) is 47.1 Å². The predicted octanol–water partition coefficient (Wildman–Crippen LogP) is 4.48. The van der Waals surface area contributed by atoms with E-state index in [9.17, 15) is 4.79 Å². The number of nitrogens with one attached hydrogen (secondary N) is 1. The Kier molecular flexibility index (Phi) is 5.28. The lowest BCUT2D eigenvalue weighted by molar-refractivity contribution is 0.102. The van der Waals surface area contributed by atoms with Crippen LogP contribution in [0.4, 0.5) is 11.5 Å². The largest absolute Gasteiger partial charge is 0.357 e. The molecule has 1 saturated heterocycles. The lowest BCUT2D eigenvalue weighted by Gasteiger charge is -2.21. The average molecular weight is 374 g/mol. The van der Waals surface area contributed by atoms with Crippen molar-refractivity contribution in [3.63, 3.8) is 0 Å². The highest BCUT2D eigenvalue weighted by atomic mass is 79.9. The van der Waals surface area contributed by atoms with Crippen LogP contribution in [0.3, 0.4) is 0 Å². The molecule has 1 aromatic heterocycles. The first kappa shape index (κ1) is 16.0. The van der Waals surface area contributed by atoms with Gasteiger partial charge in [-0.15, -0.1) is 0 Å². The third-order valence-electron chi connectivity index (χ3n) is 4.04. The molecule has 1 aromatic carbocycles. The molecule has 1 N–H and O–H groups in total. The fourth-order valence-electron chi connectivity index (χ4n) is 2.77. The maximum atomic E-state index is 12.4. The van der Waals surface area contributed by atoms with Crippen LogP contribution in [0.25, 0.3) is 0 Å². The Morgan fingerprint density at radius 1 is 1.04 bits per heavy atom. The molecule has 23 heavy (non-hydrogen) atoms. The number of aromatic nitrogens is 1. The summed E-state index contributed by atoms with van der Waals surface area (Å²) < 4.78 is 0.989. The summed E-state index contributed by atoms with van der Waals surface area (Å²) in [6.45, 7) is 2.04. The number of carbonyl (C=O) groups is 1. The minimum absolute atomic E-state index is 0.106. The van der Waals surface area contributed by atoms with Gasteiger partial charge in [0, 0.05) is 35.0 Å². The highest BCUT2D eigenvalue weighted by molar-refractivity contribution is 9.10. The zero-order valence-electron chi connectivity index (χ0n) is 13.0. The Morgan fingerprint density at radius 3 is 2.43 bits per heavy atom. The van der Waals surface area contributed by atoms with Crippen molar-refractivity contribution in [2.75, 3.05) is 23.3 Å². The summed E-state index contributed by atoms with van der Waals surface area (Å²) in [7, 11) is 0. The monoisotopic (exact) mass is 373 g/mol. The number of rotatable bonds is 3. The molecule has 0 spiro atoms. The van der Waals surface area contributed by atoms with Crippen LogP contribution in [0.5, 0.6) is 0 Å². The topological polar surface area (TPSA) is 45.2 Å². The van der Waals surface area contributed by atoms with Gasteiger partial charge >= 0.3 is 0 Å². The van der Waals surface area contributed by atoms with Gasteiger partial charge in [-0.1, -0.05) is 28.8 Å². The number of hydrogen-bond donors (Lipinski definition) is 1. The van der Waals surface area contributed by atoms with Crippen molar-refractivity contribution >= 4 is 33.3 Å². The normalized spacial score (nSPS) is 15.1. The van der Waals surface area contributed by atoms with Crippen molar-refractivity contribution in [2.24, 2.45) is 0 Å². The van der Waals surface area contributed by atoms with Crippen LogP contribution in [-0.2, 0) is 0 Å². The van der Waals surface area contributed by atoms with Gasteiger partial charge in [-0.25, -0.2) is 4.98 Å². The molecule has 0 bridgehead atoms. The molecule has 0 radical (unpaired) electrons. The van der Waals surface area contributed by atoms with Gasteiger partial charge in [0.2, 0.25) is 0 Å². The molecule has 3 rings (SSSR count). The standard InChI is InChI=1S/C18H20BrN3O/c19-15-5-7-16(8-6-15)21-18(23)14-9-10-20-17(13-14)22-11-3-1-2-4-12-22/h5-10,13H,1-4,11-12H2,(H,21,23). The number of benzene rings is 1. The van der Waals surface area contributed by atoms with Crippen molar-refractivity contribution in [3.8, 4) is 0 Å². The van der Waals surface area contributed by atoms with E-state index in [0.717, 1.165) is 29.1 Å². The average Bonchev–Trinajstić information content (AvgIpc) is 2.86. The second-order valence-electron chi connectivity index (χ2n) is 5.76. The highest BCUT2D eigenvalue weighted by Crippen LogP contribution is 2.19. The molecule has 1 aliphatic heterocycles. The van der Waals surface area contributed by atoms with E-state index in [1.54, 1.807) is 12.3 Å². The number of halogens is 1. The zero-order valence-corrected chi connectivity index (χ0v) is 14.6. The lowest BCUT2D eigenvalue weighted by atomic mass is 10.2. The summed E-state index contributed by atoms with van der Waals surface area (Å²) in [6.07, 6.45) is 6.66. The molecule has 5 heteroatoms. The molecule has 2 aromatic rings. The number of nitrogens with zero attached hydrogens (tertiary/aromatic N) is 2. The maximum Gasteiger partial charge on any atom is 0.255 e. The molecule has 0 atom stereocenters. The van der Waals surface area contributed by atoms with Gasteiger partial charge < -0.3 is 10.2 Å². The molecule has 0 saturated carbocycles. The first-order chi connectivity index (χ1) is 11.2. The van der Waals surface area contributed by atoms with Crippen LogP contribution in [0.1, 0.15) is 36.0 Å². The summed E-state index contributed by atoms with van der Waals surface area (Å²) in [5.41, 5.74) is 1.42. The summed E-state index contributed by atoms with van der Waals surface area (Å²) in [4.78, 5) is 19.2. The van der Waals surface area contributed by atoms with Crippen molar-refractivity contribution in [2.45, 2.75) is 25.7 Å². The summed E-state index contributed by atoms with van der Waals surface area (Å²) in [5, 5.41) is 2.92. The predicted molar refractivity (Wildman–Crippen MR) is 97.0 cm³/mol. The second-order valence-corrected chi connectivity index (χ2v) is 6.68. The maximum absolute atomic E-state index is 12.4. The molecular weight excluding hydrogens is 354 g/mol. The minimum Gasteiger partial charge on any atom is -0.357 e. The van der Waals surface area contributed by atoms with Gasteiger partial charge in [0.05, 0.1) is 0 Å². The number of amides is 1. The minimum atomic E-state index is -0.106. The first-order valence-corrected chi connectivity index (χ1v) is 8.79. The van der Waals surface area contributed by atoms with Crippen molar-refractivity contribution in [1.29, 1.82) is 0 Å². The Morgan fingerprint density at radius 2 is 1.74 bits per heavy atom.